The maximum Gasteiger partial charge on any atom is 0.239 e. The predicted octanol–water partition coefficient (Wildman–Crippen LogP) is 2.53. The minimum Gasteiger partial charge on any atom is -0.360 e. The molecule has 1 aromatic rings. The number of carbonyl (C=O) groups is 1. The topological polar surface area (TPSA) is 58.4 Å². The molecule has 0 aromatic carbocycles. The van der Waals surface area contributed by atoms with Crippen molar-refractivity contribution in [3.63, 3.8) is 0 Å². The van der Waals surface area contributed by atoms with Gasteiger partial charge in [0.25, 0.3) is 0 Å². The van der Waals surface area contributed by atoms with Gasteiger partial charge in [-0.3, -0.25) is 9.69 Å². The number of aromatic nitrogens is 1. The molecule has 20 heavy (non-hydrogen) atoms. The molecule has 0 aliphatic heterocycles. The number of amides is 1. The first-order valence-corrected chi connectivity index (χ1v) is 8.18. The number of nitrogens with one attached hydrogen (secondary N) is 1. The van der Waals surface area contributed by atoms with Gasteiger partial charge in [0.1, 0.15) is 5.76 Å². The van der Waals surface area contributed by atoms with Gasteiger partial charge in [-0.2, -0.15) is 11.8 Å². The molecule has 1 N–H and O–H groups in total. The highest BCUT2D eigenvalue weighted by Crippen LogP contribution is 2.32. The lowest BCUT2D eigenvalue weighted by atomic mass is 10.2. The second-order valence-electron chi connectivity index (χ2n) is 5.33. The van der Waals surface area contributed by atoms with E-state index < -0.39 is 0 Å². The van der Waals surface area contributed by atoms with Crippen molar-refractivity contribution < 1.29 is 9.32 Å². The number of likely N-dealkylation sites (N-methyl/N-ethyl adjacent to an activating group) is 1. The zero-order valence-corrected chi connectivity index (χ0v) is 13.2. The largest absolute Gasteiger partial charge is 0.360 e. The van der Waals surface area contributed by atoms with Crippen LogP contribution in [-0.4, -0.2) is 46.6 Å². The highest BCUT2D eigenvalue weighted by Gasteiger charge is 2.28. The summed E-state index contributed by atoms with van der Waals surface area (Å²) < 4.78 is 4.93. The smallest absolute Gasteiger partial charge is 0.239 e. The molecule has 2 atom stereocenters. The quantitative estimate of drug-likeness (QED) is 0.874. The standard InChI is InChI=1S/C14H23N3O2S/c1-4-20-12-6-5-11(8-12)17(3)9-14(18)15-13-7-10(2)19-16-13/h7,11-12H,4-6,8-9H2,1-3H3,(H,15,16,18). The SMILES string of the molecule is CCSC1CCC(N(C)CC(=O)Nc2cc(C)on2)C1. The van der Waals surface area contributed by atoms with Crippen molar-refractivity contribution in [1.29, 1.82) is 0 Å². The van der Waals surface area contributed by atoms with Gasteiger partial charge in [0.15, 0.2) is 5.82 Å². The van der Waals surface area contributed by atoms with Crippen molar-refractivity contribution in [2.45, 2.75) is 44.4 Å². The average Bonchev–Trinajstić information content (AvgIpc) is 2.99. The third-order valence-corrected chi connectivity index (χ3v) is 4.90. The van der Waals surface area contributed by atoms with Gasteiger partial charge in [0.05, 0.1) is 6.54 Å². The van der Waals surface area contributed by atoms with Crippen LogP contribution in [0, 0.1) is 6.92 Å². The van der Waals surface area contributed by atoms with E-state index >= 15 is 0 Å². The van der Waals surface area contributed by atoms with Crippen molar-refractivity contribution in [2.75, 3.05) is 24.7 Å². The monoisotopic (exact) mass is 297 g/mol. The molecular formula is C14H23N3O2S. The van der Waals surface area contributed by atoms with E-state index in [9.17, 15) is 4.79 Å². The van der Waals surface area contributed by atoms with E-state index in [-0.39, 0.29) is 5.91 Å². The van der Waals surface area contributed by atoms with E-state index in [1.165, 1.54) is 25.0 Å². The molecule has 1 fully saturated rings. The Morgan fingerprint density at radius 1 is 1.60 bits per heavy atom. The molecule has 1 aromatic heterocycles. The molecule has 1 heterocycles. The minimum absolute atomic E-state index is 0.0348. The van der Waals surface area contributed by atoms with Gasteiger partial charge >= 0.3 is 0 Å². The number of hydrogen-bond acceptors (Lipinski definition) is 5. The number of rotatable bonds is 6. The lowest BCUT2D eigenvalue weighted by Crippen LogP contribution is -2.36. The summed E-state index contributed by atoms with van der Waals surface area (Å²) in [6, 6.07) is 2.24. The Hall–Kier alpha value is -1.01. The van der Waals surface area contributed by atoms with Crippen LogP contribution in [0.2, 0.25) is 0 Å². The first kappa shape index (κ1) is 15.4. The Morgan fingerprint density at radius 3 is 3.05 bits per heavy atom. The van der Waals surface area contributed by atoms with Crippen LogP contribution < -0.4 is 5.32 Å². The molecule has 0 saturated heterocycles. The molecule has 1 aliphatic carbocycles. The van der Waals surface area contributed by atoms with Gasteiger partial charge in [-0.1, -0.05) is 12.1 Å². The van der Waals surface area contributed by atoms with Gasteiger partial charge < -0.3 is 9.84 Å². The first-order valence-electron chi connectivity index (χ1n) is 7.13. The zero-order valence-electron chi connectivity index (χ0n) is 12.4. The highest BCUT2D eigenvalue weighted by atomic mass is 32.2. The van der Waals surface area contributed by atoms with Gasteiger partial charge in [-0.25, -0.2) is 0 Å². The van der Waals surface area contributed by atoms with Gasteiger partial charge in [-0.15, -0.1) is 0 Å². The number of thioether (sulfide) groups is 1. The second kappa shape index (κ2) is 7.13. The Balaban J connectivity index is 1.76. The van der Waals surface area contributed by atoms with Crippen LogP contribution in [0.15, 0.2) is 10.6 Å². The van der Waals surface area contributed by atoms with E-state index in [2.05, 4.69) is 22.3 Å². The normalized spacial score (nSPS) is 22.4. The summed E-state index contributed by atoms with van der Waals surface area (Å²) in [6.45, 7) is 4.41. The van der Waals surface area contributed by atoms with Crippen LogP contribution >= 0.6 is 11.8 Å². The summed E-state index contributed by atoms with van der Waals surface area (Å²) in [5.74, 6) is 2.33. The maximum atomic E-state index is 12.0. The Morgan fingerprint density at radius 2 is 2.40 bits per heavy atom. The number of hydrogen-bond donors (Lipinski definition) is 1. The maximum absolute atomic E-state index is 12.0. The zero-order chi connectivity index (χ0) is 14.5. The van der Waals surface area contributed by atoms with Gasteiger partial charge in [-0.05, 0) is 39.0 Å². The lowest BCUT2D eigenvalue weighted by molar-refractivity contribution is -0.117. The summed E-state index contributed by atoms with van der Waals surface area (Å²) in [5.41, 5.74) is 0. The van der Waals surface area contributed by atoms with Crippen molar-refractivity contribution in [3.8, 4) is 0 Å². The second-order valence-corrected chi connectivity index (χ2v) is 6.91. The van der Waals surface area contributed by atoms with E-state index in [4.69, 9.17) is 4.52 Å². The van der Waals surface area contributed by atoms with E-state index in [0.29, 0.717) is 24.2 Å². The Kier molecular flexibility index (Phi) is 5.48. The molecule has 6 heteroatoms. The average molecular weight is 297 g/mol. The summed E-state index contributed by atoms with van der Waals surface area (Å²) in [5, 5.41) is 7.29. The molecule has 0 bridgehead atoms. The lowest BCUT2D eigenvalue weighted by Gasteiger charge is -2.23. The predicted molar refractivity (Wildman–Crippen MR) is 82.1 cm³/mol. The fourth-order valence-electron chi connectivity index (χ4n) is 2.67. The number of carbonyl (C=O) groups excluding carboxylic acids is 1. The molecular weight excluding hydrogens is 274 g/mol. The number of aryl methyl sites for hydroxylation is 1. The van der Waals surface area contributed by atoms with Crippen molar-refractivity contribution in [3.05, 3.63) is 11.8 Å². The van der Waals surface area contributed by atoms with Crippen LogP contribution in [-0.2, 0) is 4.79 Å². The van der Waals surface area contributed by atoms with Crippen molar-refractivity contribution >= 4 is 23.5 Å². The van der Waals surface area contributed by atoms with Crippen LogP contribution in [0.5, 0.6) is 0 Å². The molecule has 5 nitrogen and oxygen atoms in total. The molecule has 112 valence electrons. The number of anilines is 1. The minimum atomic E-state index is -0.0348. The van der Waals surface area contributed by atoms with E-state index in [1.54, 1.807) is 13.0 Å². The van der Waals surface area contributed by atoms with Crippen LogP contribution in [0.1, 0.15) is 31.9 Å². The molecule has 0 radical (unpaired) electrons. The van der Waals surface area contributed by atoms with Crippen LogP contribution in [0.4, 0.5) is 5.82 Å². The fourth-order valence-corrected chi connectivity index (χ4v) is 3.80. The van der Waals surface area contributed by atoms with Crippen molar-refractivity contribution in [1.82, 2.24) is 10.1 Å². The third-order valence-electron chi connectivity index (χ3n) is 3.67. The summed E-state index contributed by atoms with van der Waals surface area (Å²) in [6.07, 6.45) is 3.63. The van der Waals surface area contributed by atoms with Crippen LogP contribution in [0.25, 0.3) is 0 Å². The van der Waals surface area contributed by atoms with E-state index in [1.807, 2.05) is 18.8 Å². The molecule has 1 amide bonds. The Bertz CT molecular complexity index is 449. The van der Waals surface area contributed by atoms with Gasteiger partial charge in [0, 0.05) is 17.4 Å². The first-order chi connectivity index (χ1) is 9.58. The molecule has 1 aliphatic rings. The summed E-state index contributed by atoms with van der Waals surface area (Å²) >= 11 is 2.03. The molecule has 0 spiro atoms. The van der Waals surface area contributed by atoms with E-state index in [0.717, 1.165) is 5.25 Å². The fraction of sp³-hybridized carbons (Fsp3) is 0.714. The molecule has 1 saturated carbocycles. The molecule has 2 unspecified atom stereocenters. The summed E-state index contributed by atoms with van der Waals surface area (Å²) in [4.78, 5) is 14.1. The molecule has 2 rings (SSSR count). The van der Waals surface area contributed by atoms with Crippen LogP contribution in [0.3, 0.4) is 0 Å². The third kappa shape index (κ3) is 4.24. The Labute approximate surface area is 124 Å². The van der Waals surface area contributed by atoms with Crippen molar-refractivity contribution in [2.24, 2.45) is 0 Å². The highest BCUT2D eigenvalue weighted by molar-refractivity contribution is 7.99. The van der Waals surface area contributed by atoms with Gasteiger partial charge in [0.2, 0.25) is 5.91 Å². The number of nitrogens with zero attached hydrogens (tertiary/aromatic N) is 2. The summed E-state index contributed by atoms with van der Waals surface area (Å²) in [7, 11) is 2.03.